The fourth-order valence-corrected chi connectivity index (χ4v) is 2.43. The van der Waals surface area contributed by atoms with Crippen LogP contribution in [0.2, 0.25) is 0 Å². The van der Waals surface area contributed by atoms with Crippen LogP contribution in [0.4, 0.5) is 4.79 Å². The highest BCUT2D eigenvalue weighted by atomic mass is 16.6. The van der Waals surface area contributed by atoms with Gasteiger partial charge >= 0.3 is 6.09 Å². The molecule has 1 aliphatic heterocycles. The molecule has 0 spiro atoms. The predicted octanol–water partition coefficient (Wildman–Crippen LogP) is 0.883. The molecule has 0 aromatic rings. The van der Waals surface area contributed by atoms with E-state index in [-0.39, 0.29) is 23.8 Å². The number of nitrogens with zero attached hydrogens (tertiary/aromatic N) is 1. The molecule has 1 fully saturated rings. The molecule has 0 unspecified atom stereocenters. The van der Waals surface area contributed by atoms with Crippen molar-refractivity contribution in [2.75, 3.05) is 13.1 Å². The maximum atomic E-state index is 12.3. The second-order valence-electron chi connectivity index (χ2n) is 6.90. The van der Waals surface area contributed by atoms with Crippen LogP contribution in [0.15, 0.2) is 0 Å². The van der Waals surface area contributed by atoms with Crippen molar-refractivity contribution in [2.24, 2.45) is 5.92 Å². The smallest absolute Gasteiger partial charge is 0.407 e. The SMILES string of the molecule is CC(=O)N[C@H](C)C(=O)N1C[C@@H](C)[C@@H](NC(=O)OC(C)(C)C)C1. The number of hydrogen-bond acceptors (Lipinski definition) is 4. The Morgan fingerprint density at radius 1 is 1.23 bits per heavy atom. The second-order valence-corrected chi connectivity index (χ2v) is 6.90. The Morgan fingerprint density at radius 2 is 1.82 bits per heavy atom. The second kappa shape index (κ2) is 6.98. The van der Waals surface area contributed by atoms with Crippen molar-refractivity contribution in [3.63, 3.8) is 0 Å². The van der Waals surface area contributed by atoms with Crippen molar-refractivity contribution in [3.05, 3.63) is 0 Å². The highest BCUT2D eigenvalue weighted by molar-refractivity contribution is 5.86. The van der Waals surface area contributed by atoms with Gasteiger partial charge in [-0.1, -0.05) is 6.92 Å². The summed E-state index contributed by atoms with van der Waals surface area (Å²) in [5, 5.41) is 5.39. The van der Waals surface area contributed by atoms with Crippen LogP contribution in [0.5, 0.6) is 0 Å². The molecule has 3 amide bonds. The van der Waals surface area contributed by atoms with E-state index in [1.54, 1.807) is 32.6 Å². The number of nitrogens with one attached hydrogen (secondary N) is 2. The molecule has 1 saturated heterocycles. The van der Waals surface area contributed by atoms with E-state index in [1.807, 2.05) is 6.92 Å². The van der Waals surface area contributed by atoms with Crippen LogP contribution in [0, 0.1) is 5.92 Å². The van der Waals surface area contributed by atoms with Crippen molar-refractivity contribution >= 4 is 17.9 Å². The van der Waals surface area contributed by atoms with E-state index >= 15 is 0 Å². The Labute approximate surface area is 131 Å². The van der Waals surface area contributed by atoms with Crippen LogP contribution in [0.1, 0.15) is 41.5 Å². The maximum absolute atomic E-state index is 12.3. The highest BCUT2D eigenvalue weighted by Gasteiger charge is 2.35. The number of rotatable bonds is 3. The third kappa shape index (κ3) is 5.54. The molecular formula is C15H27N3O4. The lowest BCUT2D eigenvalue weighted by Crippen LogP contribution is -2.47. The molecule has 1 heterocycles. The fourth-order valence-electron chi connectivity index (χ4n) is 2.43. The number of ether oxygens (including phenoxy) is 1. The van der Waals surface area contributed by atoms with Gasteiger partial charge in [0.05, 0.1) is 6.04 Å². The van der Waals surface area contributed by atoms with E-state index in [1.165, 1.54) is 6.92 Å². The lowest BCUT2D eigenvalue weighted by molar-refractivity contribution is -0.134. The quantitative estimate of drug-likeness (QED) is 0.810. The van der Waals surface area contributed by atoms with Crippen LogP contribution >= 0.6 is 0 Å². The van der Waals surface area contributed by atoms with Gasteiger partial charge in [-0.05, 0) is 33.6 Å². The van der Waals surface area contributed by atoms with Crippen molar-refractivity contribution in [1.82, 2.24) is 15.5 Å². The van der Waals surface area contributed by atoms with Crippen LogP contribution in [-0.2, 0) is 14.3 Å². The fraction of sp³-hybridized carbons (Fsp3) is 0.800. The number of amides is 3. The summed E-state index contributed by atoms with van der Waals surface area (Å²) < 4.78 is 5.23. The van der Waals surface area contributed by atoms with Crippen molar-refractivity contribution in [1.29, 1.82) is 0 Å². The Bertz CT molecular complexity index is 445. The first-order chi connectivity index (χ1) is 9.99. The van der Waals surface area contributed by atoms with Crippen LogP contribution in [0.3, 0.4) is 0 Å². The molecule has 0 aliphatic carbocycles. The predicted molar refractivity (Wildman–Crippen MR) is 82.2 cm³/mol. The first kappa shape index (κ1) is 18.3. The number of carbonyl (C=O) groups is 3. The van der Waals surface area contributed by atoms with Crippen LogP contribution in [-0.4, -0.2) is 53.6 Å². The van der Waals surface area contributed by atoms with E-state index < -0.39 is 17.7 Å². The zero-order valence-electron chi connectivity index (χ0n) is 14.2. The molecule has 7 heteroatoms. The van der Waals surface area contributed by atoms with Gasteiger partial charge in [0.15, 0.2) is 0 Å². The van der Waals surface area contributed by atoms with Crippen LogP contribution in [0.25, 0.3) is 0 Å². The number of carbonyl (C=O) groups excluding carboxylic acids is 3. The van der Waals surface area contributed by atoms with Gasteiger partial charge in [-0.2, -0.15) is 0 Å². The van der Waals surface area contributed by atoms with Gasteiger partial charge in [0.25, 0.3) is 0 Å². The summed E-state index contributed by atoms with van der Waals surface area (Å²) in [7, 11) is 0. The summed E-state index contributed by atoms with van der Waals surface area (Å²) in [6.45, 7) is 11.4. The van der Waals surface area contributed by atoms with E-state index in [0.717, 1.165) is 0 Å². The molecule has 0 bridgehead atoms. The molecule has 22 heavy (non-hydrogen) atoms. The molecule has 0 aromatic heterocycles. The third-order valence-electron chi connectivity index (χ3n) is 3.42. The molecule has 3 atom stereocenters. The molecule has 0 saturated carbocycles. The van der Waals surface area contributed by atoms with Gasteiger partial charge in [0, 0.05) is 20.0 Å². The normalized spacial score (nSPS) is 22.9. The van der Waals surface area contributed by atoms with Crippen molar-refractivity contribution in [3.8, 4) is 0 Å². The average molecular weight is 313 g/mol. The molecule has 126 valence electrons. The third-order valence-corrected chi connectivity index (χ3v) is 3.42. The summed E-state index contributed by atoms with van der Waals surface area (Å²) >= 11 is 0. The molecule has 7 nitrogen and oxygen atoms in total. The molecule has 0 radical (unpaired) electrons. The zero-order valence-corrected chi connectivity index (χ0v) is 14.2. The largest absolute Gasteiger partial charge is 0.444 e. The first-order valence-electron chi connectivity index (χ1n) is 7.55. The Hall–Kier alpha value is -1.79. The van der Waals surface area contributed by atoms with Gasteiger partial charge in [0.1, 0.15) is 11.6 Å². The van der Waals surface area contributed by atoms with Crippen molar-refractivity contribution in [2.45, 2.75) is 59.2 Å². The van der Waals surface area contributed by atoms with E-state index in [0.29, 0.717) is 13.1 Å². The summed E-state index contributed by atoms with van der Waals surface area (Å²) in [5.41, 5.74) is -0.554. The summed E-state index contributed by atoms with van der Waals surface area (Å²) in [6.07, 6.45) is -0.478. The first-order valence-corrected chi connectivity index (χ1v) is 7.55. The van der Waals surface area contributed by atoms with Gasteiger partial charge in [-0.25, -0.2) is 4.79 Å². The van der Waals surface area contributed by atoms with Gasteiger partial charge in [-0.3, -0.25) is 9.59 Å². The zero-order chi connectivity index (χ0) is 17.1. The summed E-state index contributed by atoms with van der Waals surface area (Å²) in [5.74, 6) is -0.256. The molecule has 0 aromatic carbocycles. The highest BCUT2D eigenvalue weighted by Crippen LogP contribution is 2.18. The molecule has 2 N–H and O–H groups in total. The minimum absolute atomic E-state index is 0.126. The maximum Gasteiger partial charge on any atom is 0.407 e. The lowest BCUT2D eigenvalue weighted by atomic mass is 10.1. The molecule has 1 aliphatic rings. The molecular weight excluding hydrogens is 286 g/mol. The van der Waals surface area contributed by atoms with Gasteiger partial charge in [-0.15, -0.1) is 0 Å². The van der Waals surface area contributed by atoms with E-state index in [2.05, 4.69) is 10.6 Å². The topological polar surface area (TPSA) is 87.7 Å². The van der Waals surface area contributed by atoms with Gasteiger partial charge in [0.2, 0.25) is 11.8 Å². The van der Waals surface area contributed by atoms with Crippen LogP contribution < -0.4 is 10.6 Å². The Balaban J connectivity index is 2.56. The number of alkyl carbamates (subject to hydrolysis) is 1. The summed E-state index contributed by atoms with van der Waals surface area (Å²) in [4.78, 5) is 36.8. The average Bonchev–Trinajstić information content (AvgIpc) is 2.66. The van der Waals surface area contributed by atoms with Gasteiger partial charge < -0.3 is 20.3 Å². The van der Waals surface area contributed by atoms with Crippen molar-refractivity contribution < 1.29 is 19.1 Å². The standard InChI is InChI=1S/C15H27N3O4/c1-9-7-18(13(20)10(2)16-11(3)19)8-12(9)17-14(21)22-15(4,5)6/h9-10,12H,7-8H2,1-6H3,(H,16,19)(H,17,21)/t9-,10-,12+/m1/s1. The molecule has 1 rings (SSSR count). The number of likely N-dealkylation sites (tertiary alicyclic amines) is 1. The number of hydrogen-bond donors (Lipinski definition) is 2. The Morgan fingerprint density at radius 3 is 2.32 bits per heavy atom. The summed E-state index contributed by atoms with van der Waals surface area (Å²) in [6, 6.07) is -0.715. The van der Waals surface area contributed by atoms with E-state index in [9.17, 15) is 14.4 Å². The minimum Gasteiger partial charge on any atom is -0.444 e. The lowest BCUT2D eigenvalue weighted by Gasteiger charge is -2.23. The Kier molecular flexibility index (Phi) is 5.79. The minimum atomic E-state index is -0.565. The van der Waals surface area contributed by atoms with E-state index in [4.69, 9.17) is 4.74 Å². The monoisotopic (exact) mass is 313 g/mol.